The minimum Gasteiger partial charge on any atom is -0.391 e. The molecule has 1 aromatic carbocycles. The Labute approximate surface area is 172 Å². The van der Waals surface area contributed by atoms with E-state index < -0.39 is 5.41 Å². The van der Waals surface area contributed by atoms with Gasteiger partial charge < -0.3 is 20.2 Å². The molecule has 2 heterocycles. The molecule has 1 saturated heterocycles. The maximum absolute atomic E-state index is 10.1. The van der Waals surface area contributed by atoms with Crippen LogP contribution in [0.15, 0.2) is 42.7 Å². The number of aliphatic hydroxyl groups is 1. The van der Waals surface area contributed by atoms with Crippen LogP contribution < -0.4 is 10.2 Å². The van der Waals surface area contributed by atoms with Gasteiger partial charge in [-0.05, 0) is 38.9 Å². The summed E-state index contributed by atoms with van der Waals surface area (Å²) in [6.07, 6.45) is 3.51. The molecule has 152 valence electrons. The molecule has 0 amide bonds. The van der Waals surface area contributed by atoms with E-state index in [1.807, 2.05) is 50.5 Å². The van der Waals surface area contributed by atoms with Crippen LogP contribution in [0.25, 0.3) is 0 Å². The highest BCUT2D eigenvalue weighted by atomic mass is 16.3. The molecule has 4 rings (SSSR count). The molecule has 0 radical (unpaired) electrons. The summed E-state index contributed by atoms with van der Waals surface area (Å²) in [4.78, 5) is 13.1. The van der Waals surface area contributed by atoms with E-state index in [0.717, 1.165) is 43.0 Å². The van der Waals surface area contributed by atoms with Gasteiger partial charge in [0.15, 0.2) is 0 Å². The summed E-state index contributed by atoms with van der Waals surface area (Å²) in [5, 5.41) is 23.4. The number of nitrogens with zero attached hydrogens (tertiary/aromatic N) is 5. The summed E-state index contributed by atoms with van der Waals surface area (Å²) in [5.74, 6) is 1.60. The fourth-order valence-corrected chi connectivity index (χ4v) is 4.59. The number of likely N-dealkylation sites (N-methyl/N-ethyl adjacent to an activating group) is 1. The van der Waals surface area contributed by atoms with Crippen molar-refractivity contribution in [2.75, 3.05) is 37.4 Å². The topological polar surface area (TPSA) is 88.3 Å². The average Bonchev–Trinajstić information content (AvgIpc) is 3.05. The third-order valence-electron chi connectivity index (χ3n) is 6.00. The second-order valence-corrected chi connectivity index (χ2v) is 8.53. The molecule has 7 heteroatoms. The molecule has 0 spiro atoms. The fourth-order valence-electron chi connectivity index (χ4n) is 4.59. The smallest absolute Gasteiger partial charge is 0.134 e. The number of aromatic nitrogens is 2. The summed E-state index contributed by atoms with van der Waals surface area (Å²) < 4.78 is 0. The number of rotatable bonds is 6. The van der Waals surface area contributed by atoms with Gasteiger partial charge in [0, 0.05) is 31.2 Å². The van der Waals surface area contributed by atoms with Crippen molar-refractivity contribution in [3.63, 3.8) is 0 Å². The van der Waals surface area contributed by atoms with Crippen LogP contribution >= 0.6 is 0 Å². The van der Waals surface area contributed by atoms with E-state index in [1.165, 1.54) is 0 Å². The highest BCUT2D eigenvalue weighted by Gasteiger charge is 2.46. The molecule has 0 unspecified atom stereocenters. The molecule has 29 heavy (non-hydrogen) atoms. The number of nitrogens with one attached hydrogen (secondary N) is 1. The number of hydrogen-bond acceptors (Lipinski definition) is 7. The number of benzene rings is 1. The van der Waals surface area contributed by atoms with Gasteiger partial charge in [-0.15, -0.1) is 0 Å². The normalized spacial score (nSPS) is 28.8. The Morgan fingerprint density at radius 3 is 2.72 bits per heavy atom. The van der Waals surface area contributed by atoms with Crippen LogP contribution in [0.3, 0.4) is 0 Å². The molecule has 1 aromatic heterocycles. The quantitative estimate of drug-likeness (QED) is 0.777. The Hall–Kier alpha value is -2.69. The van der Waals surface area contributed by atoms with Crippen LogP contribution in [-0.4, -0.2) is 65.3 Å². The maximum atomic E-state index is 10.1. The molecule has 2 aliphatic rings. The lowest BCUT2D eigenvalue weighted by Crippen LogP contribution is -2.47. The summed E-state index contributed by atoms with van der Waals surface area (Å²) in [5.41, 5.74) is 0.673. The van der Waals surface area contributed by atoms with Crippen molar-refractivity contribution in [3.8, 4) is 6.07 Å². The van der Waals surface area contributed by atoms with Crippen LogP contribution in [0, 0.1) is 11.3 Å². The van der Waals surface area contributed by atoms with Crippen molar-refractivity contribution in [1.82, 2.24) is 14.9 Å². The lowest BCUT2D eigenvalue weighted by molar-refractivity contribution is 0.191. The SMILES string of the molecule is CN(C)C[C@H]1C[C@@H](O)CN1c1cc(NC2CC(C#N)(c3ccccc3)C2)ncn1. The minimum absolute atomic E-state index is 0.208. The molecule has 2 fully saturated rings. The van der Waals surface area contributed by atoms with Gasteiger partial charge in [0.05, 0.1) is 17.6 Å². The summed E-state index contributed by atoms with van der Waals surface area (Å²) in [7, 11) is 4.08. The molecular weight excluding hydrogens is 364 g/mol. The molecule has 7 nitrogen and oxygen atoms in total. The van der Waals surface area contributed by atoms with Crippen LogP contribution in [0.1, 0.15) is 24.8 Å². The Kier molecular flexibility index (Phi) is 5.39. The molecule has 2 aromatic rings. The lowest BCUT2D eigenvalue weighted by Gasteiger charge is -2.43. The molecule has 2 atom stereocenters. The largest absolute Gasteiger partial charge is 0.391 e. The van der Waals surface area contributed by atoms with Gasteiger partial charge in [0.25, 0.3) is 0 Å². The van der Waals surface area contributed by atoms with Gasteiger partial charge in [-0.2, -0.15) is 5.26 Å². The van der Waals surface area contributed by atoms with E-state index in [2.05, 4.69) is 31.2 Å². The second kappa shape index (κ2) is 7.97. The van der Waals surface area contributed by atoms with Crippen molar-refractivity contribution in [2.24, 2.45) is 0 Å². The maximum Gasteiger partial charge on any atom is 0.134 e. The zero-order valence-electron chi connectivity index (χ0n) is 17.0. The van der Waals surface area contributed by atoms with Crippen molar-refractivity contribution in [1.29, 1.82) is 5.26 Å². The van der Waals surface area contributed by atoms with Gasteiger partial charge in [-0.25, -0.2) is 9.97 Å². The Balaban J connectivity index is 1.43. The van der Waals surface area contributed by atoms with Crippen LogP contribution in [0.2, 0.25) is 0 Å². The molecule has 1 aliphatic heterocycles. The Morgan fingerprint density at radius 1 is 1.28 bits per heavy atom. The number of β-amino-alcohol motifs (C(OH)–C–C–N with tert-alkyl or cyclic N) is 1. The zero-order valence-corrected chi connectivity index (χ0v) is 17.0. The van der Waals surface area contributed by atoms with Crippen LogP contribution in [0.4, 0.5) is 11.6 Å². The fraction of sp³-hybridized carbons (Fsp3) is 0.500. The van der Waals surface area contributed by atoms with E-state index in [9.17, 15) is 10.4 Å². The van der Waals surface area contributed by atoms with Crippen molar-refractivity contribution in [3.05, 3.63) is 48.3 Å². The monoisotopic (exact) mass is 392 g/mol. The van der Waals surface area contributed by atoms with Crippen LogP contribution in [0.5, 0.6) is 0 Å². The first-order valence-electron chi connectivity index (χ1n) is 10.1. The predicted octanol–water partition coefficient (Wildman–Crippen LogP) is 2.01. The number of nitriles is 1. The standard InChI is InChI=1S/C22H28N6O/c1-27(2)12-18-8-19(29)13-28(18)21-9-20(24-15-25-21)26-17-10-22(11-17,14-23)16-6-4-3-5-7-16/h3-7,9,15,17-19,29H,8,10-13H2,1-2H3,(H,24,25,26)/t17?,18-,19-,22?/m1/s1. The highest BCUT2D eigenvalue weighted by Crippen LogP contribution is 2.44. The lowest BCUT2D eigenvalue weighted by atomic mass is 9.62. The van der Waals surface area contributed by atoms with E-state index in [4.69, 9.17) is 0 Å². The predicted molar refractivity (Wildman–Crippen MR) is 113 cm³/mol. The van der Waals surface area contributed by atoms with E-state index in [1.54, 1.807) is 6.33 Å². The van der Waals surface area contributed by atoms with Gasteiger partial charge >= 0.3 is 0 Å². The first-order valence-corrected chi connectivity index (χ1v) is 10.1. The Morgan fingerprint density at radius 2 is 2.03 bits per heavy atom. The van der Waals surface area contributed by atoms with E-state index >= 15 is 0 Å². The minimum atomic E-state index is -0.412. The van der Waals surface area contributed by atoms with E-state index in [-0.39, 0.29) is 18.2 Å². The summed E-state index contributed by atoms with van der Waals surface area (Å²) in [6, 6.07) is 14.9. The molecular formula is C22H28N6O. The second-order valence-electron chi connectivity index (χ2n) is 8.53. The van der Waals surface area contributed by atoms with Crippen molar-refractivity contribution < 1.29 is 5.11 Å². The van der Waals surface area contributed by atoms with Crippen LogP contribution in [-0.2, 0) is 5.41 Å². The summed E-state index contributed by atoms with van der Waals surface area (Å²) >= 11 is 0. The summed E-state index contributed by atoms with van der Waals surface area (Å²) in [6.45, 7) is 1.46. The number of hydrogen-bond donors (Lipinski definition) is 2. The third-order valence-corrected chi connectivity index (χ3v) is 6.00. The van der Waals surface area contributed by atoms with Gasteiger partial charge in [0.2, 0.25) is 0 Å². The first kappa shape index (κ1) is 19.6. The highest BCUT2D eigenvalue weighted by molar-refractivity contribution is 5.52. The van der Waals surface area contributed by atoms with Crippen molar-refractivity contribution in [2.45, 2.75) is 42.9 Å². The van der Waals surface area contributed by atoms with Crippen molar-refractivity contribution >= 4 is 11.6 Å². The average molecular weight is 393 g/mol. The first-order chi connectivity index (χ1) is 14.0. The van der Waals surface area contributed by atoms with Gasteiger partial charge in [0.1, 0.15) is 18.0 Å². The third kappa shape index (κ3) is 4.04. The Bertz CT molecular complexity index is 874. The molecule has 1 saturated carbocycles. The molecule has 0 bridgehead atoms. The molecule has 1 aliphatic carbocycles. The van der Waals surface area contributed by atoms with Gasteiger partial charge in [-0.3, -0.25) is 0 Å². The number of anilines is 2. The number of aliphatic hydroxyl groups excluding tert-OH is 1. The van der Waals surface area contributed by atoms with E-state index in [0.29, 0.717) is 6.54 Å². The van der Waals surface area contributed by atoms with Gasteiger partial charge in [-0.1, -0.05) is 30.3 Å². The zero-order chi connectivity index (χ0) is 20.4. The molecule has 2 N–H and O–H groups in total.